The number of hydrogen-bond donors (Lipinski definition) is 1. The number of nitrogens with one attached hydrogen (secondary N) is 1. The van der Waals surface area contributed by atoms with Crippen LogP contribution in [0, 0.1) is 5.92 Å². The summed E-state index contributed by atoms with van der Waals surface area (Å²) in [5.41, 5.74) is -0.841. The molecule has 1 aromatic heterocycles. The van der Waals surface area contributed by atoms with Gasteiger partial charge in [0.15, 0.2) is 5.69 Å². The normalized spacial score (nSPS) is 23.4. The van der Waals surface area contributed by atoms with Gasteiger partial charge < -0.3 is 19.5 Å². The summed E-state index contributed by atoms with van der Waals surface area (Å²) in [6.07, 6.45) is 1.08. The maximum absolute atomic E-state index is 12.8. The van der Waals surface area contributed by atoms with Gasteiger partial charge in [-0.1, -0.05) is 0 Å². The van der Waals surface area contributed by atoms with Crippen molar-refractivity contribution >= 4 is 6.03 Å². The molecule has 2 aliphatic heterocycles. The number of aromatic nitrogens is 2. The maximum Gasteiger partial charge on any atom is 0.434 e. The summed E-state index contributed by atoms with van der Waals surface area (Å²) in [6, 6.07) is -0.174. The van der Waals surface area contributed by atoms with Gasteiger partial charge in [-0.15, -0.1) is 0 Å². The first-order valence-corrected chi connectivity index (χ1v) is 9.06. The molecule has 6 nitrogen and oxygen atoms in total. The molecule has 1 N–H and O–H groups in total. The van der Waals surface area contributed by atoms with Crippen LogP contribution in [0.3, 0.4) is 0 Å². The second kappa shape index (κ2) is 7.85. The quantitative estimate of drug-likeness (QED) is 0.882. The largest absolute Gasteiger partial charge is 0.434 e. The van der Waals surface area contributed by atoms with Crippen molar-refractivity contribution in [3.63, 3.8) is 0 Å². The van der Waals surface area contributed by atoms with E-state index in [9.17, 15) is 18.0 Å². The van der Waals surface area contributed by atoms with Gasteiger partial charge in [-0.3, -0.25) is 0 Å². The Hall–Kier alpha value is -1.77. The average molecular weight is 374 g/mol. The van der Waals surface area contributed by atoms with Crippen LogP contribution in [-0.4, -0.2) is 53.3 Å². The van der Waals surface area contributed by atoms with Gasteiger partial charge in [0.1, 0.15) is 5.82 Å². The monoisotopic (exact) mass is 374 g/mol. The van der Waals surface area contributed by atoms with Gasteiger partial charge in [0.2, 0.25) is 0 Å². The molecule has 0 radical (unpaired) electrons. The zero-order valence-corrected chi connectivity index (χ0v) is 14.9. The third-order valence-electron chi connectivity index (χ3n) is 5.01. The lowest BCUT2D eigenvalue weighted by atomic mass is 9.99. The Bertz CT molecular complexity index is 626. The number of aryl methyl sites for hydroxylation is 1. The number of rotatable bonds is 4. The van der Waals surface area contributed by atoms with E-state index in [1.54, 1.807) is 16.5 Å². The first-order valence-electron chi connectivity index (χ1n) is 9.06. The van der Waals surface area contributed by atoms with E-state index in [0.717, 1.165) is 38.5 Å². The van der Waals surface area contributed by atoms with Crippen LogP contribution in [0.15, 0.2) is 6.20 Å². The van der Waals surface area contributed by atoms with Crippen LogP contribution in [0.5, 0.6) is 0 Å². The molecule has 0 bridgehead atoms. The summed E-state index contributed by atoms with van der Waals surface area (Å²) >= 11 is 0. The van der Waals surface area contributed by atoms with E-state index in [1.807, 2.05) is 0 Å². The first kappa shape index (κ1) is 19.0. The van der Waals surface area contributed by atoms with Gasteiger partial charge in [-0.25, -0.2) is 9.78 Å². The van der Waals surface area contributed by atoms with Crippen molar-refractivity contribution in [3.8, 4) is 0 Å². The Morgan fingerprint density at radius 2 is 2.23 bits per heavy atom. The maximum atomic E-state index is 12.8. The van der Waals surface area contributed by atoms with Crippen LogP contribution in [0.1, 0.15) is 37.2 Å². The lowest BCUT2D eigenvalue weighted by Gasteiger charge is -2.29. The molecule has 0 unspecified atom stereocenters. The van der Waals surface area contributed by atoms with Crippen molar-refractivity contribution in [3.05, 3.63) is 17.7 Å². The van der Waals surface area contributed by atoms with Crippen LogP contribution >= 0.6 is 0 Å². The van der Waals surface area contributed by atoms with Gasteiger partial charge in [0.25, 0.3) is 0 Å². The number of hydrogen-bond acceptors (Lipinski definition) is 3. The van der Waals surface area contributed by atoms with Crippen molar-refractivity contribution in [2.24, 2.45) is 5.92 Å². The summed E-state index contributed by atoms with van der Waals surface area (Å²) in [7, 11) is 1.71. The fourth-order valence-electron chi connectivity index (χ4n) is 3.57. The number of imidazole rings is 1. The van der Waals surface area contributed by atoms with E-state index in [4.69, 9.17) is 4.74 Å². The number of carbonyl (C=O) groups excluding carboxylic acids is 1. The number of nitrogens with zero attached hydrogens (tertiary/aromatic N) is 3. The molecule has 1 aromatic rings. The van der Waals surface area contributed by atoms with Gasteiger partial charge in [-0.2, -0.15) is 13.2 Å². The minimum Gasteiger partial charge on any atom is -0.376 e. The number of carbonyl (C=O) groups is 1. The van der Waals surface area contributed by atoms with Crippen LogP contribution in [0.2, 0.25) is 0 Å². The van der Waals surface area contributed by atoms with Crippen LogP contribution < -0.4 is 5.32 Å². The third-order valence-corrected chi connectivity index (χ3v) is 5.01. The standard InChI is InChI=1S/C17H25F3N4O2/c1-23(16(25)21-8-13-4-2-3-7-26-13)9-12-5-6-15-22-14(17(18,19)20)11-24(15)10-12/h11-13H,2-10H2,1H3,(H,21,25)/t12-,13+/m1/s1. The zero-order valence-electron chi connectivity index (χ0n) is 14.9. The number of fused-ring (bicyclic) bond motifs is 1. The predicted octanol–water partition coefficient (Wildman–Crippen LogP) is 2.67. The van der Waals surface area contributed by atoms with Crippen LogP contribution in [0.4, 0.5) is 18.0 Å². The zero-order chi connectivity index (χ0) is 18.7. The van der Waals surface area contributed by atoms with Crippen LogP contribution in [0.25, 0.3) is 0 Å². The smallest absolute Gasteiger partial charge is 0.376 e. The van der Waals surface area contributed by atoms with Crippen molar-refractivity contribution in [2.75, 3.05) is 26.7 Å². The molecule has 146 valence electrons. The SMILES string of the molecule is CN(C[C@H]1CCc2nc(C(F)(F)F)cn2C1)C(=O)NC[C@@H]1CCCCO1. The summed E-state index contributed by atoms with van der Waals surface area (Å²) in [5, 5.41) is 2.88. The molecule has 2 aliphatic rings. The summed E-state index contributed by atoms with van der Waals surface area (Å²) in [4.78, 5) is 17.5. The Morgan fingerprint density at radius 3 is 2.92 bits per heavy atom. The van der Waals surface area contributed by atoms with E-state index >= 15 is 0 Å². The molecule has 2 atom stereocenters. The highest BCUT2D eigenvalue weighted by Gasteiger charge is 2.36. The number of ether oxygens (including phenoxy) is 1. The van der Waals surface area contributed by atoms with Gasteiger partial charge >= 0.3 is 12.2 Å². The minimum atomic E-state index is -4.42. The molecular formula is C17H25F3N4O2. The van der Waals surface area contributed by atoms with Crippen LogP contribution in [-0.2, 0) is 23.9 Å². The fraction of sp³-hybridized carbons (Fsp3) is 0.765. The Morgan fingerprint density at radius 1 is 1.42 bits per heavy atom. The predicted molar refractivity (Wildman–Crippen MR) is 88.7 cm³/mol. The Balaban J connectivity index is 1.48. The summed E-state index contributed by atoms with van der Waals surface area (Å²) < 4.78 is 45.5. The Kier molecular flexibility index (Phi) is 5.74. The molecule has 9 heteroatoms. The molecule has 0 aliphatic carbocycles. The highest BCUT2D eigenvalue weighted by molar-refractivity contribution is 5.73. The molecule has 0 aromatic carbocycles. The van der Waals surface area contributed by atoms with Gasteiger partial charge in [0, 0.05) is 45.9 Å². The average Bonchev–Trinajstić information content (AvgIpc) is 3.04. The fourth-order valence-corrected chi connectivity index (χ4v) is 3.57. The number of urea groups is 1. The number of amides is 2. The first-order chi connectivity index (χ1) is 12.3. The molecule has 0 spiro atoms. The summed E-state index contributed by atoms with van der Waals surface area (Å²) in [6.45, 7) is 2.18. The highest BCUT2D eigenvalue weighted by atomic mass is 19.4. The molecule has 3 heterocycles. The summed E-state index contributed by atoms with van der Waals surface area (Å²) in [5.74, 6) is 0.578. The van der Waals surface area contributed by atoms with E-state index in [1.165, 1.54) is 0 Å². The molecule has 3 rings (SSSR count). The van der Waals surface area contributed by atoms with E-state index in [0.29, 0.717) is 31.9 Å². The molecular weight excluding hydrogens is 349 g/mol. The molecule has 1 fully saturated rings. The number of halogens is 3. The van der Waals surface area contributed by atoms with Crippen molar-refractivity contribution in [1.29, 1.82) is 0 Å². The van der Waals surface area contributed by atoms with E-state index in [2.05, 4.69) is 10.3 Å². The van der Waals surface area contributed by atoms with Crippen molar-refractivity contribution in [1.82, 2.24) is 19.8 Å². The van der Waals surface area contributed by atoms with Gasteiger partial charge in [0.05, 0.1) is 6.10 Å². The topological polar surface area (TPSA) is 59.4 Å². The van der Waals surface area contributed by atoms with Crippen molar-refractivity contribution in [2.45, 2.75) is 50.9 Å². The van der Waals surface area contributed by atoms with E-state index in [-0.39, 0.29) is 18.1 Å². The number of alkyl halides is 3. The minimum absolute atomic E-state index is 0.0741. The lowest BCUT2D eigenvalue weighted by Crippen LogP contribution is -2.44. The lowest BCUT2D eigenvalue weighted by molar-refractivity contribution is -0.141. The highest BCUT2D eigenvalue weighted by Crippen LogP contribution is 2.30. The second-order valence-corrected chi connectivity index (χ2v) is 7.15. The van der Waals surface area contributed by atoms with Crippen molar-refractivity contribution < 1.29 is 22.7 Å². The molecule has 1 saturated heterocycles. The Labute approximate surface area is 150 Å². The molecule has 0 saturated carbocycles. The second-order valence-electron chi connectivity index (χ2n) is 7.15. The molecule has 26 heavy (non-hydrogen) atoms. The van der Waals surface area contributed by atoms with E-state index < -0.39 is 11.9 Å². The third kappa shape index (κ3) is 4.69. The molecule has 2 amide bonds. The van der Waals surface area contributed by atoms with Gasteiger partial charge in [-0.05, 0) is 31.6 Å².